The Hall–Kier alpha value is -0.610. The molecular formula is C12H23NO3. The van der Waals surface area contributed by atoms with Crippen LogP contribution in [0.4, 0.5) is 0 Å². The Morgan fingerprint density at radius 3 is 2.88 bits per heavy atom. The minimum atomic E-state index is -0.313. The zero-order valence-corrected chi connectivity index (χ0v) is 10.4. The SMILES string of the molecule is CCOC(=O)[C@@]1(CCCOC)CCCNC1. The van der Waals surface area contributed by atoms with Crippen molar-refractivity contribution in [1.82, 2.24) is 5.32 Å². The Bertz CT molecular complexity index is 212. The van der Waals surface area contributed by atoms with E-state index in [0.29, 0.717) is 13.2 Å². The molecule has 0 bridgehead atoms. The van der Waals surface area contributed by atoms with Crippen molar-refractivity contribution in [2.75, 3.05) is 33.4 Å². The Morgan fingerprint density at radius 1 is 1.50 bits per heavy atom. The molecule has 4 heteroatoms. The van der Waals surface area contributed by atoms with Crippen LogP contribution in [0.15, 0.2) is 0 Å². The lowest BCUT2D eigenvalue weighted by Gasteiger charge is -2.35. The molecule has 0 spiro atoms. The van der Waals surface area contributed by atoms with Crippen LogP contribution in [-0.4, -0.2) is 39.4 Å². The summed E-state index contributed by atoms with van der Waals surface area (Å²) in [5, 5.41) is 3.30. The van der Waals surface area contributed by atoms with Crippen molar-refractivity contribution in [3.8, 4) is 0 Å². The molecule has 1 aliphatic rings. The van der Waals surface area contributed by atoms with E-state index in [9.17, 15) is 4.79 Å². The van der Waals surface area contributed by atoms with Gasteiger partial charge in [0.05, 0.1) is 12.0 Å². The molecule has 1 fully saturated rings. The molecule has 4 nitrogen and oxygen atoms in total. The van der Waals surface area contributed by atoms with E-state index >= 15 is 0 Å². The first-order chi connectivity index (χ1) is 7.75. The average Bonchev–Trinajstić information content (AvgIpc) is 2.31. The molecule has 0 aromatic carbocycles. The fraction of sp³-hybridized carbons (Fsp3) is 0.917. The summed E-state index contributed by atoms with van der Waals surface area (Å²) in [6, 6.07) is 0. The first-order valence-electron chi connectivity index (χ1n) is 6.12. The van der Waals surface area contributed by atoms with Gasteiger partial charge in [0.25, 0.3) is 0 Å². The van der Waals surface area contributed by atoms with Gasteiger partial charge in [0.15, 0.2) is 0 Å². The number of carbonyl (C=O) groups is 1. The highest BCUT2D eigenvalue weighted by Crippen LogP contribution is 2.33. The van der Waals surface area contributed by atoms with Gasteiger partial charge in [0.1, 0.15) is 0 Å². The van der Waals surface area contributed by atoms with Gasteiger partial charge in [-0.25, -0.2) is 0 Å². The van der Waals surface area contributed by atoms with E-state index in [0.717, 1.165) is 38.8 Å². The molecule has 0 aromatic heterocycles. The predicted molar refractivity (Wildman–Crippen MR) is 62.3 cm³/mol. The van der Waals surface area contributed by atoms with E-state index in [1.54, 1.807) is 7.11 Å². The maximum Gasteiger partial charge on any atom is 0.313 e. The quantitative estimate of drug-likeness (QED) is 0.551. The zero-order valence-electron chi connectivity index (χ0n) is 10.4. The second-order valence-electron chi connectivity index (χ2n) is 4.38. The van der Waals surface area contributed by atoms with Crippen molar-refractivity contribution in [1.29, 1.82) is 0 Å². The van der Waals surface area contributed by atoms with Gasteiger partial charge in [0, 0.05) is 20.3 Å². The molecule has 1 rings (SSSR count). The summed E-state index contributed by atoms with van der Waals surface area (Å²) in [5.41, 5.74) is -0.313. The van der Waals surface area contributed by atoms with Crippen molar-refractivity contribution in [3.05, 3.63) is 0 Å². The van der Waals surface area contributed by atoms with Crippen molar-refractivity contribution in [3.63, 3.8) is 0 Å². The molecule has 1 N–H and O–H groups in total. The summed E-state index contributed by atoms with van der Waals surface area (Å²) in [6.45, 7) is 4.78. The minimum Gasteiger partial charge on any atom is -0.466 e. The van der Waals surface area contributed by atoms with Gasteiger partial charge in [-0.15, -0.1) is 0 Å². The number of ether oxygens (including phenoxy) is 2. The number of hydrogen-bond acceptors (Lipinski definition) is 4. The average molecular weight is 229 g/mol. The van der Waals surface area contributed by atoms with Gasteiger partial charge in [0.2, 0.25) is 0 Å². The molecule has 1 atom stereocenters. The third kappa shape index (κ3) is 3.46. The van der Waals surface area contributed by atoms with Gasteiger partial charge in [-0.2, -0.15) is 0 Å². The molecular weight excluding hydrogens is 206 g/mol. The van der Waals surface area contributed by atoms with Gasteiger partial charge in [-0.3, -0.25) is 4.79 Å². The fourth-order valence-corrected chi connectivity index (χ4v) is 2.30. The van der Waals surface area contributed by atoms with Gasteiger partial charge < -0.3 is 14.8 Å². The predicted octanol–water partition coefficient (Wildman–Crippen LogP) is 1.35. The number of rotatable bonds is 6. The van der Waals surface area contributed by atoms with Crippen LogP contribution < -0.4 is 5.32 Å². The maximum absolute atomic E-state index is 12.0. The lowest BCUT2D eigenvalue weighted by molar-refractivity contribution is -0.157. The molecule has 0 aromatic rings. The van der Waals surface area contributed by atoms with Crippen molar-refractivity contribution < 1.29 is 14.3 Å². The first kappa shape index (κ1) is 13.5. The first-order valence-corrected chi connectivity index (χ1v) is 6.12. The highest BCUT2D eigenvalue weighted by Gasteiger charge is 2.40. The molecule has 0 aliphatic carbocycles. The number of nitrogens with one attached hydrogen (secondary N) is 1. The summed E-state index contributed by atoms with van der Waals surface area (Å²) in [6.07, 6.45) is 3.75. The van der Waals surface area contributed by atoms with Crippen molar-refractivity contribution in [2.24, 2.45) is 5.41 Å². The van der Waals surface area contributed by atoms with Crippen LogP contribution in [0.1, 0.15) is 32.6 Å². The van der Waals surface area contributed by atoms with E-state index < -0.39 is 0 Å². The smallest absolute Gasteiger partial charge is 0.313 e. The molecule has 0 unspecified atom stereocenters. The minimum absolute atomic E-state index is 0.0432. The Morgan fingerprint density at radius 2 is 2.31 bits per heavy atom. The highest BCUT2D eigenvalue weighted by atomic mass is 16.5. The normalized spacial score (nSPS) is 25.4. The largest absolute Gasteiger partial charge is 0.466 e. The van der Waals surface area contributed by atoms with Crippen LogP contribution in [0, 0.1) is 5.41 Å². The Kier molecular flexibility index (Phi) is 5.77. The number of carbonyl (C=O) groups excluding carboxylic acids is 1. The van der Waals surface area contributed by atoms with Crippen LogP contribution in [0.2, 0.25) is 0 Å². The number of hydrogen-bond donors (Lipinski definition) is 1. The number of piperidine rings is 1. The van der Waals surface area contributed by atoms with Crippen molar-refractivity contribution in [2.45, 2.75) is 32.6 Å². The fourth-order valence-electron chi connectivity index (χ4n) is 2.30. The lowest BCUT2D eigenvalue weighted by Crippen LogP contribution is -2.46. The number of methoxy groups -OCH3 is 1. The van der Waals surface area contributed by atoms with Gasteiger partial charge >= 0.3 is 5.97 Å². The van der Waals surface area contributed by atoms with Crippen LogP contribution in [0.3, 0.4) is 0 Å². The van der Waals surface area contributed by atoms with Gasteiger partial charge in [-0.05, 0) is 39.2 Å². The Balaban J connectivity index is 2.55. The van der Waals surface area contributed by atoms with E-state index in [1.165, 1.54) is 0 Å². The van der Waals surface area contributed by atoms with E-state index in [1.807, 2.05) is 6.92 Å². The summed E-state index contributed by atoms with van der Waals surface area (Å²) in [4.78, 5) is 12.0. The number of esters is 1. The molecule has 1 heterocycles. The molecule has 16 heavy (non-hydrogen) atoms. The molecule has 94 valence electrons. The van der Waals surface area contributed by atoms with E-state index in [2.05, 4.69) is 5.32 Å². The third-order valence-electron chi connectivity index (χ3n) is 3.18. The lowest BCUT2D eigenvalue weighted by atomic mass is 9.77. The van der Waals surface area contributed by atoms with E-state index in [4.69, 9.17) is 9.47 Å². The Labute approximate surface area is 97.7 Å². The molecule has 1 aliphatic heterocycles. The molecule has 0 saturated carbocycles. The summed E-state index contributed by atoms with van der Waals surface area (Å²) >= 11 is 0. The van der Waals surface area contributed by atoms with Crippen LogP contribution in [0.25, 0.3) is 0 Å². The van der Waals surface area contributed by atoms with Crippen LogP contribution >= 0.6 is 0 Å². The topological polar surface area (TPSA) is 47.6 Å². The van der Waals surface area contributed by atoms with Crippen LogP contribution in [0.5, 0.6) is 0 Å². The molecule has 0 amide bonds. The molecule has 1 saturated heterocycles. The highest BCUT2D eigenvalue weighted by molar-refractivity contribution is 5.77. The molecule has 0 radical (unpaired) electrons. The summed E-state index contributed by atoms with van der Waals surface area (Å²) in [7, 11) is 1.69. The second kappa shape index (κ2) is 6.86. The summed E-state index contributed by atoms with van der Waals surface area (Å²) < 4.78 is 10.2. The van der Waals surface area contributed by atoms with Gasteiger partial charge in [-0.1, -0.05) is 0 Å². The second-order valence-corrected chi connectivity index (χ2v) is 4.38. The zero-order chi connectivity index (χ0) is 11.9. The third-order valence-corrected chi connectivity index (χ3v) is 3.18. The summed E-state index contributed by atoms with van der Waals surface area (Å²) in [5.74, 6) is -0.0432. The maximum atomic E-state index is 12.0. The standard InChI is InChI=1S/C12H23NO3/c1-3-16-11(14)12(7-5-9-15-2)6-4-8-13-10-12/h13H,3-10H2,1-2H3/t12-/m1/s1. The van der Waals surface area contributed by atoms with Crippen LogP contribution in [-0.2, 0) is 14.3 Å². The van der Waals surface area contributed by atoms with Crippen molar-refractivity contribution >= 4 is 5.97 Å². The van der Waals surface area contributed by atoms with E-state index in [-0.39, 0.29) is 11.4 Å². The monoisotopic (exact) mass is 229 g/mol.